The molecule has 5 heteroatoms. The second-order valence-corrected chi connectivity index (χ2v) is 4.92. The fourth-order valence-electron chi connectivity index (χ4n) is 2.06. The van der Waals surface area contributed by atoms with Gasteiger partial charge in [-0.15, -0.1) is 0 Å². The van der Waals surface area contributed by atoms with Crippen LogP contribution in [-0.4, -0.2) is 14.2 Å². The summed E-state index contributed by atoms with van der Waals surface area (Å²) >= 11 is 6.31. The number of ether oxygens (including phenoxy) is 2. The highest BCUT2D eigenvalue weighted by Gasteiger charge is 2.13. The summed E-state index contributed by atoms with van der Waals surface area (Å²) in [5.74, 6) is 0.834. The normalized spacial score (nSPS) is 10.3. The number of hydrogen-bond donors (Lipinski definition) is 1. The summed E-state index contributed by atoms with van der Waals surface area (Å²) in [7, 11) is 3.10. The van der Waals surface area contributed by atoms with E-state index in [2.05, 4.69) is 5.32 Å². The maximum absolute atomic E-state index is 13.5. The molecule has 0 amide bonds. The minimum atomic E-state index is -0.238. The van der Waals surface area contributed by atoms with Crippen molar-refractivity contribution in [3.63, 3.8) is 0 Å². The van der Waals surface area contributed by atoms with Gasteiger partial charge in [-0.1, -0.05) is 23.7 Å². The van der Waals surface area contributed by atoms with Crippen LogP contribution in [0, 0.1) is 12.7 Å². The van der Waals surface area contributed by atoms with Crippen molar-refractivity contribution in [1.82, 2.24) is 0 Å². The Hall–Kier alpha value is -1.94. The lowest BCUT2D eigenvalue weighted by molar-refractivity contribution is 0.355. The van der Waals surface area contributed by atoms with E-state index in [1.54, 1.807) is 26.2 Å². The zero-order valence-corrected chi connectivity index (χ0v) is 12.9. The Bertz CT molecular complexity index is 646. The summed E-state index contributed by atoms with van der Waals surface area (Å²) in [4.78, 5) is 0. The van der Waals surface area contributed by atoms with E-state index in [1.807, 2.05) is 12.1 Å². The highest BCUT2D eigenvalue weighted by atomic mass is 35.5. The molecule has 0 unspecified atom stereocenters. The lowest BCUT2D eigenvalue weighted by Gasteiger charge is -2.14. The van der Waals surface area contributed by atoms with Crippen LogP contribution in [0.3, 0.4) is 0 Å². The molecule has 0 aromatic heterocycles. The van der Waals surface area contributed by atoms with Crippen molar-refractivity contribution in [3.05, 3.63) is 52.3 Å². The number of halogens is 2. The van der Waals surface area contributed by atoms with Crippen molar-refractivity contribution in [3.8, 4) is 11.5 Å². The quantitative estimate of drug-likeness (QED) is 0.887. The number of benzene rings is 2. The molecule has 0 aliphatic carbocycles. The van der Waals surface area contributed by atoms with Crippen molar-refractivity contribution in [2.75, 3.05) is 19.5 Å². The van der Waals surface area contributed by atoms with E-state index in [-0.39, 0.29) is 5.82 Å². The average Bonchev–Trinajstić information content (AvgIpc) is 2.49. The molecule has 3 nitrogen and oxygen atoms in total. The number of methoxy groups -OCH3 is 2. The van der Waals surface area contributed by atoms with Gasteiger partial charge in [0.05, 0.1) is 19.2 Å². The second kappa shape index (κ2) is 6.68. The lowest BCUT2D eigenvalue weighted by Crippen LogP contribution is -2.04. The lowest BCUT2D eigenvalue weighted by atomic mass is 10.1. The topological polar surface area (TPSA) is 30.5 Å². The van der Waals surface area contributed by atoms with Gasteiger partial charge in [0.2, 0.25) is 0 Å². The van der Waals surface area contributed by atoms with Gasteiger partial charge in [-0.3, -0.25) is 0 Å². The van der Waals surface area contributed by atoms with Gasteiger partial charge in [0, 0.05) is 17.8 Å². The van der Waals surface area contributed by atoms with Crippen LogP contribution < -0.4 is 14.8 Å². The van der Waals surface area contributed by atoms with Crippen LogP contribution in [0.2, 0.25) is 5.02 Å². The molecule has 0 aliphatic rings. The zero-order valence-electron chi connectivity index (χ0n) is 12.2. The molecule has 0 fully saturated rings. The molecule has 0 heterocycles. The zero-order chi connectivity index (χ0) is 15.4. The summed E-state index contributed by atoms with van der Waals surface area (Å²) < 4.78 is 23.9. The molecule has 21 heavy (non-hydrogen) atoms. The van der Waals surface area contributed by atoms with E-state index in [0.29, 0.717) is 28.6 Å². The van der Waals surface area contributed by atoms with Crippen LogP contribution in [0.1, 0.15) is 11.1 Å². The van der Waals surface area contributed by atoms with Gasteiger partial charge in [-0.2, -0.15) is 0 Å². The first-order valence-corrected chi connectivity index (χ1v) is 6.84. The highest BCUT2D eigenvalue weighted by molar-refractivity contribution is 6.33. The van der Waals surface area contributed by atoms with Gasteiger partial charge in [0.1, 0.15) is 5.82 Å². The first-order chi connectivity index (χ1) is 10.1. The second-order valence-electron chi connectivity index (χ2n) is 4.54. The van der Waals surface area contributed by atoms with Gasteiger partial charge in [0.15, 0.2) is 11.5 Å². The number of rotatable bonds is 5. The molecule has 0 radical (unpaired) electrons. The van der Waals surface area contributed by atoms with E-state index < -0.39 is 0 Å². The van der Waals surface area contributed by atoms with Gasteiger partial charge < -0.3 is 14.8 Å². The first-order valence-electron chi connectivity index (χ1n) is 6.46. The summed E-state index contributed by atoms with van der Waals surface area (Å²) in [5.41, 5.74) is 2.16. The number of anilines is 1. The van der Waals surface area contributed by atoms with E-state index in [9.17, 15) is 4.39 Å². The largest absolute Gasteiger partial charge is 0.493 e. The molecule has 2 aromatic rings. The van der Waals surface area contributed by atoms with E-state index >= 15 is 0 Å². The van der Waals surface area contributed by atoms with Gasteiger partial charge >= 0.3 is 0 Å². The van der Waals surface area contributed by atoms with E-state index in [1.165, 1.54) is 13.2 Å². The number of nitrogens with one attached hydrogen (secondary N) is 1. The Kier molecular flexibility index (Phi) is 4.91. The Morgan fingerprint density at radius 2 is 1.90 bits per heavy atom. The van der Waals surface area contributed by atoms with Gasteiger partial charge in [0.25, 0.3) is 0 Å². The minimum Gasteiger partial charge on any atom is -0.493 e. The summed E-state index contributed by atoms with van der Waals surface area (Å²) in [6, 6.07) is 8.57. The monoisotopic (exact) mass is 309 g/mol. The van der Waals surface area contributed by atoms with Crippen LogP contribution in [0.5, 0.6) is 11.5 Å². The summed E-state index contributed by atoms with van der Waals surface area (Å²) in [6.07, 6.45) is 0. The SMILES string of the molecule is COc1ccc(CNc2cccc(F)c2C)c(Cl)c1OC. The van der Waals surface area contributed by atoms with Crippen LogP contribution in [-0.2, 0) is 6.54 Å². The van der Waals surface area contributed by atoms with Crippen molar-refractivity contribution in [2.45, 2.75) is 13.5 Å². The Labute approximate surface area is 128 Å². The molecule has 2 rings (SSSR count). The Balaban J connectivity index is 2.22. The third-order valence-electron chi connectivity index (χ3n) is 3.30. The van der Waals surface area contributed by atoms with Crippen molar-refractivity contribution in [2.24, 2.45) is 0 Å². The van der Waals surface area contributed by atoms with E-state index in [4.69, 9.17) is 21.1 Å². The summed E-state index contributed by atoms with van der Waals surface area (Å²) in [6.45, 7) is 2.19. The van der Waals surface area contributed by atoms with Crippen LogP contribution >= 0.6 is 11.6 Å². The number of hydrogen-bond acceptors (Lipinski definition) is 3. The standard InChI is InChI=1S/C16H17ClFNO2/c1-10-12(18)5-4-6-13(10)19-9-11-7-8-14(20-2)16(21-3)15(11)17/h4-8,19H,9H2,1-3H3. The Morgan fingerprint density at radius 3 is 2.57 bits per heavy atom. The molecule has 112 valence electrons. The Morgan fingerprint density at radius 1 is 1.14 bits per heavy atom. The van der Waals surface area contributed by atoms with Gasteiger partial charge in [-0.25, -0.2) is 4.39 Å². The maximum Gasteiger partial charge on any atom is 0.179 e. The molecular weight excluding hydrogens is 293 g/mol. The molecule has 0 atom stereocenters. The van der Waals surface area contributed by atoms with Crippen LogP contribution in [0.25, 0.3) is 0 Å². The minimum absolute atomic E-state index is 0.238. The fraction of sp³-hybridized carbons (Fsp3) is 0.250. The molecule has 2 aromatic carbocycles. The predicted molar refractivity (Wildman–Crippen MR) is 83.0 cm³/mol. The third kappa shape index (κ3) is 3.22. The first kappa shape index (κ1) is 15.4. The molecule has 0 saturated carbocycles. The molecule has 0 bridgehead atoms. The molecule has 0 aliphatic heterocycles. The fourth-order valence-corrected chi connectivity index (χ4v) is 2.36. The van der Waals surface area contributed by atoms with E-state index in [0.717, 1.165) is 11.3 Å². The van der Waals surface area contributed by atoms with Crippen molar-refractivity contribution < 1.29 is 13.9 Å². The maximum atomic E-state index is 13.5. The van der Waals surface area contributed by atoms with Crippen molar-refractivity contribution in [1.29, 1.82) is 0 Å². The highest BCUT2D eigenvalue weighted by Crippen LogP contribution is 2.37. The molecule has 1 N–H and O–H groups in total. The van der Waals surface area contributed by atoms with Crippen LogP contribution in [0.4, 0.5) is 10.1 Å². The third-order valence-corrected chi connectivity index (χ3v) is 3.72. The predicted octanol–water partition coefficient (Wildman–Crippen LogP) is 4.42. The van der Waals surface area contributed by atoms with Gasteiger partial charge in [-0.05, 0) is 30.7 Å². The molecule has 0 saturated heterocycles. The molecule has 0 spiro atoms. The summed E-state index contributed by atoms with van der Waals surface area (Å²) in [5, 5.41) is 3.66. The molecular formula is C16H17ClFNO2. The van der Waals surface area contributed by atoms with Crippen LogP contribution in [0.15, 0.2) is 30.3 Å². The van der Waals surface area contributed by atoms with Crippen molar-refractivity contribution >= 4 is 17.3 Å². The average molecular weight is 310 g/mol. The smallest absolute Gasteiger partial charge is 0.179 e.